The Bertz CT molecular complexity index is 1080. The molecule has 33 heavy (non-hydrogen) atoms. The van der Waals surface area contributed by atoms with Gasteiger partial charge in [-0.2, -0.15) is 0 Å². The molecule has 0 bridgehead atoms. The van der Waals surface area contributed by atoms with Crippen LogP contribution in [-0.4, -0.2) is 41.0 Å². The second-order valence-corrected chi connectivity index (χ2v) is 8.74. The fourth-order valence-electron chi connectivity index (χ4n) is 4.44. The number of carbonyl (C=O) groups is 1. The van der Waals surface area contributed by atoms with Gasteiger partial charge in [-0.1, -0.05) is 42.5 Å². The van der Waals surface area contributed by atoms with E-state index in [1.807, 2.05) is 38.1 Å². The van der Waals surface area contributed by atoms with E-state index in [1.165, 1.54) is 5.56 Å². The van der Waals surface area contributed by atoms with Crippen molar-refractivity contribution in [2.75, 3.05) is 20.2 Å². The van der Waals surface area contributed by atoms with Gasteiger partial charge in [0.1, 0.15) is 11.6 Å². The lowest BCUT2D eigenvalue weighted by Crippen LogP contribution is -2.26. The first-order chi connectivity index (χ1) is 16.0. The highest BCUT2D eigenvalue weighted by Gasteiger charge is 2.27. The van der Waals surface area contributed by atoms with Crippen LogP contribution in [0.3, 0.4) is 0 Å². The maximum atomic E-state index is 12.6. The van der Waals surface area contributed by atoms with Gasteiger partial charge < -0.3 is 10.1 Å². The summed E-state index contributed by atoms with van der Waals surface area (Å²) in [5, 5.41) is 3.00. The van der Waals surface area contributed by atoms with Gasteiger partial charge in [-0.3, -0.25) is 9.69 Å². The molecule has 2 aromatic carbocycles. The summed E-state index contributed by atoms with van der Waals surface area (Å²) >= 11 is 0. The predicted octanol–water partition coefficient (Wildman–Crippen LogP) is 3.95. The van der Waals surface area contributed by atoms with E-state index < -0.39 is 0 Å². The molecule has 0 radical (unpaired) electrons. The minimum absolute atomic E-state index is 0.0322. The van der Waals surface area contributed by atoms with Gasteiger partial charge in [0.2, 0.25) is 5.91 Å². The van der Waals surface area contributed by atoms with Gasteiger partial charge in [0.15, 0.2) is 0 Å². The van der Waals surface area contributed by atoms with Crippen molar-refractivity contribution in [2.45, 2.75) is 45.7 Å². The van der Waals surface area contributed by atoms with Crippen LogP contribution in [-0.2, 0) is 24.3 Å². The zero-order valence-electron chi connectivity index (χ0n) is 19.7. The third-order valence-corrected chi connectivity index (χ3v) is 6.29. The lowest BCUT2D eigenvalue weighted by atomic mass is 10.0. The summed E-state index contributed by atoms with van der Waals surface area (Å²) in [6.45, 7) is 7.41. The number of nitrogens with zero attached hydrogens (tertiary/aromatic N) is 3. The molecule has 0 spiro atoms. The van der Waals surface area contributed by atoms with Crippen LogP contribution in [0, 0.1) is 13.8 Å². The molecule has 1 N–H and O–H groups in total. The van der Waals surface area contributed by atoms with Crippen molar-refractivity contribution >= 4 is 5.91 Å². The third kappa shape index (κ3) is 5.96. The highest BCUT2D eigenvalue weighted by atomic mass is 16.5. The van der Waals surface area contributed by atoms with Crippen LogP contribution in [0.2, 0.25) is 0 Å². The molecule has 6 heteroatoms. The number of methoxy groups -OCH3 is 1. The van der Waals surface area contributed by atoms with Crippen LogP contribution >= 0.6 is 0 Å². The van der Waals surface area contributed by atoms with Crippen LogP contribution in [0.25, 0.3) is 0 Å². The quantitative estimate of drug-likeness (QED) is 0.570. The minimum atomic E-state index is -0.0322. The van der Waals surface area contributed by atoms with Crippen LogP contribution in [0.5, 0.6) is 5.75 Å². The Labute approximate surface area is 196 Å². The first-order valence-electron chi connectivity index (χ1n) is 11.5. The van der Waals surface area contributed by atoms with Crippen molar-refractivity contribution in [2.24, 2.45) is 0 Å². The van der Waals surface area contributed by atoms with Crippen molar-refractivity contribution in [3.05, 3.63) is 88.5 Å². The molecule has 1 aliphatic heterocycles. The van der Waals surface area contributed by atoms with Gasteiger partial charge in [0.05, 0.1) is 13.5 Å². The van der Waals surface area contributed by atoms with Gasteiger partial charge in [-0.15, -0.1) is 0 Å². The van der Waals surface area contributed by atoms with E-state index in [0.29, 0.717) is 12.5 Å². The van der Waals surface area contributed by atoms with Crippen LogP contribution in [0.15, 0.2) is 54.6 Å². The summed E-state index contributed by atoms with van der Waals surface area (Å²) in [6.07, 6.45) is 1.35. The second-order valence-electron chi connectivity index (χ2n) is 8.74. The standard InChI is InChI=1S/C27H32N4O2/c1-19-25(15-26(32)28-16-22-10-7-11-24(14-22)33-3)20(2)30-27(29-19)23-12-13-31(18-23)17-21-8-5-4-6-9-21/h4-11,14,23H,12-13,15-18H2,1-3H3,(H,28,32). The Morgan fingerprint density at radius 3 is 2.52 bits per heavy atom. The number of aromatic nitrogens is 2. The van der Waals surface area contributed by atoms with Crippen LogP contribution < -0.4 is 10.1 Å². The van der Waals surface area contributed by atoms with E-state index >= 15 is 0 Å². The molecule has 1 unspecified atom stereocenters. The van der Waals surface area contributed by atoms with Crippen LogP contribution in [0.4, 0.5) is 0 Å². The maximum absolute atomic E-state index is 12.6. The summed E-state index contributed by atoms with van der Waals surface area (Å²) in [4.78, 5) is 24.7. The fourth-order valence-corrected chi connectivity index (χ4v) is 4.44. The topological polar surface area (TPSA) is 67.3 Å². The highest BCUT2D eigenvalue weighted by Crippen LogP contribution is 2.27. The average molecular weight is 445 g/mol. The molecule has 1 atom stereocenters. The molecule has 0 aliphatic carbocycles. The number of ether oxygens (including phenoxy) is 1. The monoisotopic (exact) mass is 444 g/mol. The summed E-state index contributed by atoms with van der Waals surface area (Å²) in [6, 6.07) is 18.3. The molecule has 1 aromatic heterocycles. The minimum Gasteiger partial charge on any atom is -0.497 e. The number of hydrogen-bond acceptors (Lipinski definition) is 5. The van der Waals surface area contributed by atoms with Crippen molar-refractivity contribution in [3.8, 4) is 5.75 Å². The molecule has 0 saturated carbocycles. The van der Waals surface area contributed by atoms with Gasteiger partial charge in [0, 0.05) is 42.5 Å². The van der Waals surface area contributed by atoms with Gasteiger partial charge in [-0.05, 0) is 50.1 Å². The van der Waals surface area contributed by atoms with E-state index in [4.69, 9.17) is 14.7 Å². The molecule has 3 aromatic rings. The molecule has 4 rings (SSSR count). The SMILES string of the molecule is COc1cccc(CNC(=O)Cc2c(C)nc(C3CCN(Cc4ccccc4)C3)nc2C)c1. The predicted molar refractivity (Wildman–Crippen MR) is 129 cm³/mol. The lowest BCUT2D eigenvalue weighted by molar-refractivity contribution is -0.120. The van der Waals surface area contributed by atoms with E-state index in [0.717, 1.165) is 60.1 Å². The van der Waals surface area contributed by atoms with Crippen molar-refractivity contribution < 1.29 is 9.53 Å². The van der Waals surface area contributed by atoms with Gasteiger partial charge >= 0.3 is 0 Å². The third-order valence-electron chi connectivity index (χ3n) is 6.29. The lowest BCUT2D eigenvalue weighted by Gasteiger charge is -2.17. The second kappa shape index (κ2) is 10.6. The molecular formula is C27H32N4O2. The van der Waals surface area contributed by atoms with Crippen LogP contribution in [0.1, 0.15) is 46.2 Å². The number of benzene rings is 2. The zero-order valence-corrected chi connectivity index (χ0v) is 19.7. The molecular weight excluding hydrogens is 412 g/mol. The zero-order chi connectivity index (χ0) is 23.2. The van der Waals surface area contributed by atoms with E-state index in [-0.39, 0.29) is 12.3 Å². The Hall–Kier alpha value is -3.25. The summed E-state index contributed by atoms with van der Waals surface area (Å²) in [5.41, 5.74) is 5.05. The Balaban J connectivity index is 1.35. The van der Waals surface area contributed by atoms with Crippen molar-refractivity contribution in [1.29, 1.82) is 0 Å². The maximum Gasteiger partial charge on any atom is 0.224 e. The Morgan fingerprint density at radius 2 is 1.79 bits per heavy atom. The fraction of sp³-hybridized carbons (Fsp3) is 0.370. The van der Waals surface area contributed by atoms with E-state index in [9.17, 15) is 4.79 Å². The highest BCUT2D eigenvalue weighted by molar-refractivity contribution is 5.79. The van der Waals surface area contributed by atoms with Gasteiger partial charge in [-0.25, -0.2) is 9.97 Å². The summed E-state index contributed by atoms with van der Waals surface area (Å²) in [7, 11) is 1.64. The van der Waals surface area contributed by atoms with Crippen molar-refractivity contribution in [1.82, 2.24) is 20.2 Å². The average Bonchev–Trinajstić information content (AvgIpc) is 3.29. The number of rotatable bonds is 8. The number of amides is 1. The molecule has 1 amide bonds. The number of likely N-dealkylation sites (tertiary alicyclic amines) is 1. The molecule has 6 nitrogen and oxygen atoms in total. The summed E-state index contributed by atoms with van der Waals surface area (Å²) < 4.78 is 5.25. The Morgan fingerprint density at radius 1 is 1.06 bits per heavy atom. The first-order valence-corrected chi connectivity index (χ1v) is 11.5. The Kier molecular flexibility index (Phi) is 7.35. The van der Waals surface area contributed by atoms with E-state index in [1.54, 1.807) is 7.11 Å². The molecule has 172 valence electrons. The number of hydrogen-bond donors (Lipinski definition) is 1. The first kappa shape index (κ1) is 22.9. The molecule has 1 fully saturated rings. The smallest absolute Gasteiger partial charge is 0.224 e. The molecule has 2 heterocycles. The van der Waals surface area contributed by atoms with Gasteiger partial charge in [0.25, 0.3) is 0 Å². The molecule has 1 saturated heterocycles. The largest absolute Gasteiger partial charge is 0.497 e. The van der Waals surface area contributed by atoms with E-state index in [2.05, 4.69) is 40.5 Å². The number of aryl methyl sites for hydroxylation is 2. The molecule has 1 aliphatic rings. The van der Waals surface area contributed by atoms with Crippen molar-refractivity contribution in [3.63, 3.8) is 0 Å². The summed E-state index contributed by atoms with van der Waals surface area (Å²) in [5.74, 6) is 1.99. The normalized spacial score (nSPS) is 16.0. The number of nitrogens with one attached hydrogen (secondary N) is 1. The number of carbonyl (C=O) groups excluding carboxylic acids is 1.